The number of phenolic OH excluding ortho intramolecular Hbond substituents is 3. The summed E-state index contributed by atoms with van der Waals surface area (Å²) in [5.41, 5.74) is 3.54. The summed E-state index contributed by atoms with van der Waals surface area (Å²) in [7, 11) is 0. The molecule has 0 unspecified atom stereocenters. The number of aryl methyl sites for hydroxylation is 2. The Hall–Kier alpha value is -2.16. The molecule has 3 N–H and O–H groups in total. The molecule has 0 atom stereocenters. The second kappa shape index (κ2) is 5.22. The Balaban J connectivity index is 2.77. The van der Waals surface area contributed by atoms with Crippen LogP contribution in [-0.2, 0) is 12.8 Å². The number of benzene rings is 2. The third-order valence-electron chi connectivity index (χ3n) is 3.34. The summed E-state index contributed by atoms with van der Waals surface area (Å²) in [6.07, 6.45) is 1.64. The fraction of sp³-hybridized carbons (Fsp3) is 0.250. The van der Waals surface area contributed by atoms with E-state index in [0.717, 1.165) is 35.6 Å². The zero-order valence-electron chi connectivity index (χ0n) is 11.1. The number of rotatable bonds is 3. The van der Waals surface area contributed by atoms with Crippen LogP contribution in [0, 0.1) is 0 Å². The van der Waals surface area contributed by atoms with Crippen LogP contribution in [0.15, 0.2) is 30.3 Å². The van der Waals surface area contributed by atoms with Gasteiger partial charge in [0.1, 0.15) is 5.75 Å². The Kier molecular flexibility index (Phi) is 3.65. The molecule has 0 spiro atoms. The third kappa shape index (κ3) is 2.36. The zero-order chi connectivity index (χ0) is 14.0. The SMILES string of the molecule is CCc1cccc(CC)c1-c1cc(O)cc(O)c1O. The lowest BCUT2D eigenvalue weighted by molar-refractivity contribution is 0.398. The fourth-order valence-corrected chi connectivity index (χ4v) is 2.38. The molecule has 0 aliphatic heterocycles. The van der Waals surface area contributed by atoms with Crippen LogP contribution < -0.4 is 0 Å². The maximum absolute atomic E-state index is 10.1. The van der Waals surface area contributed by atoms with E-state index in [1.165, 1.54) is 6.07 Å². The summed E-state index contributed by atoms with van der Waals surface area (Å²) in [5.74, 6) is -0.547. The molecule has 0 saturated carbocycles. The minimum absolute atomic E-state index is 0.0572. The first-order chi connectivity index (χ1) is 9.08. The van der Waals surface area contributed by atoms with Gasteiger partial charge < -0.3 is 15.3 Å². The molecule has 2 rings (SSSR count). The first-order valence-corrected chi connectivity index (χ1v) is 6.44. The average Bonchev–Trinajstić information content (AvgIpc) is 2.41. The minimum atomic E-state index is -0.303. The normalized spacial score (nSPS) is 10.6. The van der Waals surface area contributed by atoms with Crippen LogP contribution in [0.3, 0.4) is 0 Å². The average molecular weight is 258 g/mol. The van der Waals surface area contributed by atoms with Gasteiger partial charge in [0.2, 0.25) is 0 Å². The van der Waals surface area contributed by atoms with E-state index < -0.39 is 0 Å². The lowest BCUT2D eigenvalue weighted by atomic mass is 9.91. The number of hydrogen-bond donors (Lipinski definition) is 3. The van der Waals surface area contributed by atoms with Gasteiger partial charge in [-0.25, -0.2) is 0 Å². The Morgan fingerprint density at radius 2 is 1.47 bits per heavy atom. The maximum Gasteiger partial charge on any atom is 0.165 e. The highest BCUT2D eigenvalue weighted by Gasteiger charge is 2.16. The molecular formula is C16H18O3. The van der Waals surface area contributed by atoms with Crippen LogP contribution in [0.2, 0.25) is 0 Å². The van der Waals surface area contributed by atoms with Gasteiger partial charge in [-0.3, -0.25) is 0 Å². The molecule has 0 aliphatic carbocycles. The molecule has 0 aliphatic rings. The van der Waals surface area contributed by atoms with Crippen molar-refractivity contribution in [1.82, 2.24) is 0 Å². The van der Waals surface area contributed by atoms with Crippen molar-refractivity contribution < 1.29 is 15.3 Å². The van der Waals surface area contributed by atoms with Gasteiger partial charge in [0, 0.05) is 11.6 Å². The standard InChI is InChI=1S/C16H18O3/c1-3-10-6-5-7-11(4-2)15(10)13-8-12(17)9-14(18)16(13)19/h5-9,17-19H,3-4H2,1-2H3. The van der Waals surface area contributed by atoms with Crippen LogP contribution in [0.25, 0.3) is 11.1 Å². The summed E-state index contributed by atoms with van der Waals surface area (Å²) in [5, 5.41) is 29.3. The molecule has 2 aromatic carbocycles. The number of hydrogen-bond acceptors (Lipinski definition) is 3. The van der Waals surface area contributed by atoms with E-state index in [0.29, 0.717) is 5.56 Å². The van der Waals surface area contributed by atoms with Gasteiger partial charge in [0.05, 0.1) is 0 Å². The van der Waals surface area contributed by atoms with Crippen LogP contribution in [0.1, 0.15) is 25.0 Å². The minimum Gasteiger partial charge on any atom is -0.508 e. The molecule has 3 heteroatoms. The van der Waals surface area contributed by atoms with Crippen molar-refractivity contribution in [2.75, 3.05) is 0 Å². The van der Waals surface area contributed by atoms with Gasteiger partial charge in [-0.05, 0) is 35.6 Å². The number of phenols is 3. The van der Waals surface area contributed by atoms with E-state index in [4.69, 9.17) is 0 Å². The molecule has 0 aromatic heterocycles. The predicted octanol–water partition coefficient (Wildman–Crippen LogP) is 3.60. The van der Waals surface area contributed by atoms with Crippen molar-refractivity contribution in [2.45, 2.75) is 26.7 Å². The molecular weight excluding hydrogens is 240 g/mol. The largest absolute Gasteiger partial charge is 0.508 e. The van der Waals surface area contributed by atoms with Gasteiger partial charge in [0.25, 0.3) is 0 Å². The zero-order valence-corrected chi connectivity index (χ0v) is 11.1. The first kappa shape index (κ1) is 13.3. The lowest BCUT2D eigenvalue weighted by Crippen LogP contribution is -1.94. The summed E-state index contributed by atoms with van der Waals surface area (Å²) in [6, 6.07) is 8.60. The Labute approximate surface area is 112 Å². The van der Waals surface area contributed by atoms with E-state index in [-0.39, 0.29) is 17.2 Å². The predicted molar refractivity (Wildman–Crippen MR) is 75.6 cm³/mol. The van der Waals surface area contributed by atoms with E-state index in [9.17, 15) is 15.3 Å². The van der Waals surface area contributed by atoms with Crippen molar-refractivity contribution in [3.8, 4) is 28.4 Å². The summed E-state index contributed by atoms with van der Waals surface area (Å²) in [6.45, 7) is 4.08. The van der Waals surface area contributed by atoms with Crippen LogP contribution in [-0.4, -0.2) is 15.3 Å². The topological polar surface area (TPSA) is 60.7 Å². The maximum atomic E-state index is 10.1. The molecule has 0 amide bonds. The second-order valence-electron chi connectivity index (χ2n) is 4.52. The molecule has 0 radical (unpaired) electrons. The Morgan fingerprint density at radius 1 is 0.895 bits per heavy atom. The molecule has 3 nitrogen and oxygen atoms in total. The Bertz CT molecular complexity index is 581. The monoisotopic (exact) mass is 258 g/mol. The fourth-order valence-electron chi connectivity index (χ4n) is 2.38. The van der Waals surface area contributed by atoms with E-state index in [1.54, 1.807) is 0 Å². The third-order valence-corrected chi connectivity index (χ3v) is 3.34. The highest BCUT2D eigenvalue weighted by molar-refractivity contribution is 5.79. The van der Waals surface area contributed by atoms with Gasteiger partial charge in [0.15, 0.2) is 11.5 Å². The smallest absolute Gasteiger partial charge is 0.165 e. The highest BCUT2D eigenvalue weighted by Crippen LogP contribution is 2.42. The van der Waals surface area contributed by atoms with Crippen LogP contribution in [0.4, 0.5) is 0 Å². The molecule has 0 saturated heterocycles. The van der Waals surface area contributed by atoms with Crippen molar-refractivity contribution in [1.29, 1.82) is 0 Å². The van der Waals surface area contributed by atoms with Gasteiger partial charge in [-0.1, -0.05) is 32.0 Å². The van der Waals surface area contributed by atoms with Crippen LogP contribution >= 0.6 is 0 Å². The molecule has 19 heavy (non-hydrogen) atoms. The van der Waals surface area contributed by atoms with Crippen molar-refractivity contribution in [2.24, 2.45) is 0 Å². The van der Waals surface area contributed by atoms with Crippen molar-refractivity contribution in [3.05, 3.63) is 41.5 Å². The first-order valence-electron chi connectivity index (χ1n) is 6.44. The van der Waals surface area contributed by atoms with E-state index in [2.05, 4.69) is 0 Å². The highest BCUT2D eigenvalue weighted by atomic mass is 16.3. The van der Waals surface area contributed by atoms with Gasteiger partial charge in [-0.2, -0.15) is 0 Å². The molecule has 0 heterocycles. The molecule has 0 bridgehead atoms. The lowest BCUT2D eigenvalue weighted by Gasteiger charge is -2.15. The second-order valence-corrected chi connectivity index (χ2v) is 4.52. The van der Waals surface area contributed by atoms with E-state index in [1.807, 2.05) is 32.0 Å². The van der Waals surface area contributed by atoms with E-state index >= 15 is 0 Å². The number of aromatic hydroxyl groups is 3. The molecule has 0 fully saturated rings. The summed E-state index contributed by atoms with van der Waals surface area (Å²) >= 11 is 0. The van der Waals surface area contributed by atoms with Gasteiger partial charge >= 0.3 is 0 Å². The van der Waals surface area contributed by atoms with Crippen molar-refractivity contribution >= 4 is 0 Å². The summed E-state index contributed by atoms with van der Waals surface area (Å²) in [4.78, 5) is 0. The molecule has 100 valence electrons. The summed E-state index contributed by atoms with van der Waals surface area (Å²) < 4.78 is 0. The van der Waals surface area contributed by atoms with Crippen LogP contribution in [0.5, 0.6) is 17.2 Å². The Morgan fingerprint density at radius 3 is 2.00 bits per heavy atom. The molecule has 2 aromatic rings. The van der Waals surface area contributed by atoms with Gasteiger partial charge in [-0.15, -0.1) is 0 Å². The van der Waals surface area contributed by atoms with Crippen molar-refractivity contribution in [3.63, 3.8) is 0 Å². The quantitative estimate of drug-likeness (QED) is 0.582.